The van der Waals surface area contributed by atoms with E-state index in [2.05, 4.69) is 22.9 Å². The van der Waals surface area contributed by atoms with E-state index in [0.717, 1.165) is 27.8 Å². The monoisotopic (exact) mass is 395 g/mol. The van der Waals surface area contributed by atoms with Crippen molar-refractivity contribution in [1.29, 1.82) is 0 Å². The molecule has 1 aromatic heterocycles. The summed E-state index contributed by atoms with van der Waals surface area (Å²) in [7, 11) is 1.75. The Morgan fingerprint density at radius 2 is 1.86 bits per heavy atom. The molecule has 4 N–H and O–H groups in total. The van der Waals surface area contributed by atoms with Crippen molar-refractivity contribution in [3.63, 3.8) is 0 Å². The Bertz CT molecular complexity index is 1070. The van der Waals surface area contributed by atoms with Crippen LogP contribution in [0.1, 0.15) is 36.6 Å². The van der Waals surface area contributed by atoms with Crippen LogP contribution in [-0.2, 0) is 0 Å². The number of benzene rings is 2. The molecule has 1 heterocycles. The lowest BCUT2D eigenvalue weighted by molar-refractivity contribution is 0.443. The summed E-state index contributed by atoms with van der Waals surface area (Å²) in [4.78, 5) is 5.09. The summed E-state index contributed by atoms with van der Waals surface area (Å²) in [5, 5.41) is 25.1. The van der Waals surface area contributed by atoms with Gasteiger partial charge in [-0.25, -0.2) is 0 Å². The van der Waals surface area contributed by atoms with Gasteiger partial charge in [-0.3, -0.25) is 4.90 Å². The van der Waals surface area contributed by atoms with Crippen LogP contribution in [0.2, 0.25) is 0 Å². The Hall–Kier alpha value is -2.99. The number of nitrogens with zero attached hydrogens (tertiary/aromatic N) is 1. The molecule has 2 aromatic carbocycles. The van der Waals surface area contributed by atoms with Crippen molar-refractivity contribution >= 4 is 39.6 Å². The van der Waals surface area contributed by atoms with Crippen LogP contribution in [-0.4, -0.2) is 27.4 Å². The van der Waals surface area contributed by atoms with Crippen molar-refractivity contribution < 1.29 is 10.2 Å². The zero-order valence-electron chi connectivity index (χ0n) is 16.5. The third-order valence-electron chi connectivity index (χ3n) is 4.76. The number of phenolic OH excluding ortho intramolecular Hbond substituents is 2. The summed E-state index contributed by atoms with van der Waals surface area (Å²) in [6.45, 7) is 10.2. The lowest BCUT2D eigenvalue weighted by Gasteiger charge is -2.28. The van der Waals surface area contributed by atoms with E-state index in [1.54, 1.807) is 18.0 Å². The van der Waals surface area contributed by atoms with E-state index in [4.69, 9.17) is 12.2 Å². The molecule has 146 valence electrons. The highest BCUT2D eigenvalue weighted by molar-refractivity contribution is 7.80. The minimum absolute atomic E-state index is 0.0469. The highest BCUT2D eigenvalue weighted by atomic mass is 32.1. The molecule has 0 atom stereocenters. The molecule has 0 fully saturated rings. The number of aromatic nitrogens is 1. The predicted molar refractivity (Wildman–Crippen MR) is 120 cm³/mol. The average molecular weight is 396 g/mol. The molecule has 0 saturated heterocycles. The van der Waals surface area contributed by atoms with E-state index >= 15 is 0 Å². The third kappa shape index (κ3) is 3.55. The van der Waals surface area contributed by atoms with Gasteiger partial charge in [0.1, 0.15) is 11.5 Å². The first kappa shape index (κ1) is 19.8. The molecule has 0 aliphatic carbocycles. The fourth-order valence-electron chi connectivity index (χ4n) is 3.32. The lowest BCUT2D eigenvalue weighted by Crippen LogP contribution is -2.36. The summed E-state index contributed by atoms with van der Waals surface area (Å²) < 4.78 is 0. The van der Waals surface area contributed by atoms with Crippen LogP contribution in [0.25, 0.3) is 16.6 Å². The van der Waals surface area contributed by atoms with Crippen LogP contribution in [0, 0.1) is 6.92 Å². The van der Waals surface area contributed by atoms with Crippen molar-refractivity contribution in [1.82, 2.24) is 10.3 Å². The highest BCUT2D eigenvalue weighted by Gasteiger charge is 2.21. The van der Waals surface area contributed by atoms with Crippen molar-refractivity contribution in [2.24, 2.45) is 0 Å². The summed E-state index contributed by atoms with van der Waals surface area (Å²) in [6, 6.07) is 11.2. The molecule has 3 rings (SSSR count). The van der Waals surface area contributed by atoms with E-state index in [-0.39, 0.29) is 17.4 Å². The number of hydrogen-bond donors (Lipinski definition) is 4. The smallest absolute Gasteiger partial charge is 0.177 e. The molecule has 0 unspecified atom stereocenters. The number of thiocarbonyl (C=S) groups is 1. The maximum absolute atomic E-state index is 10.5. The van der Waals surface area contributed by atoms with Gasteiger partial charge in [0, 0.05) is 41.0 Å². The van der Waals surface area contributed by atoms with Crippen LogP contribution < -0.4 is 10.2 Å². The van der Waals surface area contributed by atoms with Gasteiger partial charge in [0.05, 0.1) is 5.70 Å². The predicted octanol–water partition coefficient (Wildman–Crippen LogP) is 4.99. The molecule has 0 aliphatic heterocycles. The van der Waals surface area contributed by atoms with Crippen LogP contribution >= 0.6 is 12.2 Å². The summed E-state index contributed by atoms with van der Waals surface area (Å²) >= 11 is 5.53. The van der Waals surface area contributed by atoms with Crippen molar-refractivity contribution in [2.45, 2.75) is 26.7 Å². The quantitative estimate of drug-likeness (QED) is 0.468. The summed E-state index contributed by atoms with van der Waals surface area (Å²) in [5.74, 6) is 0.112. The van der Waals surface area contributed by atoms with Gasteiger partial charge in [-0.2, -0.15) is 0 Å². The van der Waals surface area contributed by atoms with Gasteiger partial charge in [0.15, 0.2) is 5.11 Å². The fraction of sp³-hybridized carbons (Fsp3) is 0.227. The van der Waals surface area contributed by atoms with Gasteiger partial charge in [-0.1, -0.05) is 20.4 Å². The molecule has 28 heavy (non-hydrogen) atoms. The molecule has 5 nitrogen and oxygen atoms in total. The minimum Gasteiger partial charge on any atom is -0.508 e. The van der Waals surface area contributed by atoms with Gasteiger partial charge in [-0.15, -0.1) is 0 Å². The second-order valence-electron chi connectivity index (χ2n) is 7.14. The molecule has 0 spiro atoms. The topological polar surface area (TPSA) is 71.5 Å². The minimum atomic E-state index is -0.0469. The van der Waals surface area contributed by atoms with Crippen molar-refractivity contribution in [3.8, 4) is 11.5 Å². The van der Waals surface area contributed by atoms with Gasteiger partial charge >= 0.3 is 0 Å². The maximum atomic E-state index is 10.5. The number of H-pyrrole nitrogens is 1. The molecule has 3 aromatic rings. The highest BCUT2D eigenvalue weighted by Crippen LogP contribution is 2.38. The second kappa shape index (κ2) is 7.56. The Morgan fingerprint density at radius 1 is 1.14 bits per heavy atom. The van der Waals surface area contributed by atoms with Crippen LogP contribution in [0.15, 0.2) is 43.0 Å². The zero-order chi connectivity index (χ0) is 20.6. The van der Waals surface area contributed by atoms with Crippen molar-refractivity contribution in [2.75, 3.05) is 11.9 Å². The van der Waals surface area contributed by atoms with Gasteiger partial charge in [0.2, 0.25) is 0 Å². The van der Waals surface area contributed by atoms with Gasteiger partial charge < -0.3 is 20.5 Å². The molecule has 0 amide bonds. The molecule has 0 bridgehead atoms. The van der Waals surface area contributed by atoms with E-state index in [1.807, 2.05) is 39.0 Å². The number of nitrogens with one attached hydrogen (secondary N) is 2. The Labute approximate surface area is 170 Å². The number of aromatic amines is 1. The summed E-state index contributed by atoms with van der Waals surface area (Å²) in [5.41, 5.74) is 4.72. The standard InChI is InChI=1S/C22H25N3O2S/c1-12(2)17-10-18(21(27)11-20(17)26)14(4)25(22(28)23-5)16-6-7-19-15(9-16)8-13(3)24-19/h6-12,24,26-27H,4H2,1-3,5H3,(H,23,28). The Morgan fingerprint density at radius 3 is 2.50 bits per heavy atom. The number of aryl methyl sites for hydroxylation is 1. The van der Waals surface area contributed by atoms with Gasteiger partial charge in [-0.05, 0) is 61.0 Å². The number of anilines is 1. The first-order valence-electron chi connectivity index (χ1n) is 9.09. The molecular formula is C22H25N3O2S. The van der Waals surface area contributed by atoms with Crippen LogP contribution in [0.4, 0.5) is 5.69 Å². The molecule has 0 aliphatic rings. The third-order valence-corrected chi connectivity index (χ3v) is 5.15. The van der Waals surface area contributed by atoms with Crippen LogP contribution in [0.5, 0.6) is 11.5 Å². The second-order valence-corrected chi connectivity index (χ2v) is 7.53. The number of rotatable bonds is 4. The molecule has 0 radical (unpaired) electrons. The first-order chi connectivity index (χ1) is 13.2. The maximum Gasteiger partial charge on any atom is 0.177 e. The molecule has 6 heteroatoms. The first-order valence-corrected chi connectivity index (χ1v) is 9.50. The number of aromatic hydroxyl groups is 2. The largest absolute Gasteiger partial charge is 0.508 e. The van der Waals surface area contributed by atoms with Crippen molar-refractivity contribution in [3.05, 3.63) is 59.8 Å². The lowest BCUT2D eigenvalue weighted by atomic mass is 9.97. The number of phenols is 2. The Kier molecular flexibility index (Phi) is 5.34. The summed E-state index contributed by atoms with van der Waals surface area (Å²) in [6.07, 6.45) is 0. The average Bonchev–Trinajstić information content (AvgIpc) is 3.00. The normalized spacial score (nSPS) is 11.0. The fourth-order valence-corrected chi connectivity index (χ4v) is 3.54. The number of hydrogen-bond acceptors (Lipinski definition) is 3. The molecule has 0 saturated carbocycles. The Balaban J connectivity index is 2.12. The van der Waals surface area contributed by atoms with Gasteiger partial charge in [0.25, 0.3) is 0 Å². The molecular weight excluding hydrogens is 370 g/mol. The van der Waals surface area contributed by atoms with E-state index in [9.17, 15) is 10.2 Å². The van der Waals surface area contributed by atoms with E-state index in [0.29, 0.717) is 16.4 Å². The van der Waals surface area contributed by atoms with E-state index in [1.165, 1.54) is 6.07 Å². The van der Waals surface area contributed by atoms with Crippen LogP contribution in [0.3, 0.4) is 0 Å². The van der Waals surface area contributed by atoms with E-state index < -0.39 is 0 Å². The SMILES string of the molecule is C=C(c1cc(C(C)C)c(O)cc1O)N(C(=S)NC)c1ccc2[nH]c(C)cc2c1. The number of fused-ring (bicyclic) bond motifs is 1. The zero-order valence-corrected chi connectivity index (χ0v) is 17.3.